The van der Waals surface area contributed by atoms with Gasteiger partial charge in [0.15, 0.2) is 0 Å². The number of nitrogens with zero attached hydrogens (tertiary/aromatic N) is 3. The van der Waals surface area contributed by atoms with Gasteiger partial charge in [-0.2, -0.15) is 0 Å². The highest BCUT2D eigenvalue weighted by Crippen LogP contribution is 2.17. The van der Waals surface area contributed by atoms with Crippen LogP contribution in [0.1, 0.15) is 33.6 Å². The maximum atomic E-state index is 12.4. The Hall–Kier alpha value is -3.57. The minimum Gasteiger partial charge on any atom is -0.448 e. The van der Waals surface area contributed by atoms with Gasteiger partial charge in [0.2, 0.25) is 0 Å². The van der Waals surface area contributed by atoms with E-state index in [1.165, 1.54) is 11.1 Å². The van der Waals surface area contributed by atoms with E-state index in [0.717, 1.165) is 0 Å². The van der Waals surface area contributed by atoms with Gasteiger partial charge in [-0.25, -0.2) is 19.4 Å². The van der Waals surface area contributed by atoms with E-state index >= 15 is 0 Å². The topological polar surface area (TPSA) is 156 Å². The number of ether oxygens (including phenoxy) is 1. The Balaban J connectivity index is 2.79. The van der Waals surface area contributed by atoms with Gasteiger partial charge in [0.05, 0.1) is 0 Å². The third kappa shape index (κ3) is 8.21. The molecule has 0 atom stereocenters. The zero-order valence-corrected chi connectivity index (χ0v) is 15.5. The Morgan fingerprint density at radius 1 is 1.07 bits per heavy atom. The lowest BCUT2D eigenvalue weighted by molar-refractivity contribution is -0.290. The molecule has 0 unspecified atom stereocenters. The molecule has 154 valence electrons. The average molecular weight is 399 g/mol. The molecule has 0 aromatic carbocycles. The summed E-state index contributed by atoms with van der Waals surface area (Å²) in [6.07, 6.45) is -3.46. The second-order valence-electron chi connectivity index (χ2n) is 6.29. The first kappa shape index (κ1) is 22.5. The normalized spacial score (nSPS) is 10.5. The number of hydrogen-bond acceptors (Lipinski definition) is 8. The number of carbonyl (C=O) groups is 4. The van der Waals surface area contributed by atoms with Gasteiger partial charge < -0.3 is 14.9 Å². The van der Waals surface area contributed by atoms with Crippen LogP contribution in [0.15, 0.2) is 24.4 Å². The van der Waals surface area contributed by atoms with E-state index < -0.39 is 29.9 Å². The first-order valence-corrected chi connectivity index (χ1v) is 8.06. The summed E-state index contributed by atoms with van der Waals surface area (Å²) in [7, 11) is 0. The van der Waals surface area contributed by atoms with Gasteiger partial charge in [0.1, 0.15) is 11.4 Å². The summed E-state index contributed by atoms with van der Waals surface area (Å²) in [6.45, 7) is 5.05. The van der Waals surface area contributed by atoms with Crippen molar-refractivity contribution in [2.75, 3.05) is 11.4 Å². The summed E-state index contributed by atoms with van der Waals surface area (Å²) in [5.74, 6) is -0.792. The fraction of sp³-hybridized carbons (Fsp3) is 0.438. The van der Waals surface area contributed by atoms with E-state index in [0.29, 0.717) is 0 Å². The van der Waals surface area contributed by atoms with E-state index in [1.54, 1.807) is 39.0 Å². The van der Waals surface area contributed by atoms with E-state index in [-0.39, 0.29) is 30.4 Å². The molecule has 0 radical (unpaired) electrons. The number of rotatable bonds is 5. The number of hydrogen-bond donors (Lipinski definition) is 2. The minimum absolute atomic E-state index is 0.0110. The van der Waals surface area contributed by atoms with E-state index in [2.05, 4.69) is 14.7 Å². The van der Waals surface area contributed by atoms with Crippen molar-refractivity contribution in [3.8, 4) is 0 Å². The largest absolute Gasteiger partial charge is 0.533 e. The third-order valence-corrected chi connectivity index (χ3v) is 2.84. The Morgan fingerprint density at radius 2 is 1.68 bits per heavy atom. The quantitative estimate of drug-likeness (QED) is 0.705. The van der Waals surface area contributed by atoms with Crippen molar-refractivity contribution in [1.82, 2.24) is 10.2 Å². The molecule has 0 spiro atoms. The van der Waals surface area contributed by atoms with Gasteiger partial charge >= 0.3 is 18.4 Å². The van der Waals surface area contributed by atoms with Crippen molar-refractivity contribution in [2.24, 2.45) is 0 Å². The highest BCUT2D eigenvalue weighted by molar-refractivity contribution is 5.86. The number of amides is 2. The number of carbonyl (C=O) groups excluding carboxylic acids is 2. The molecule has 0 saturated heterocycles. The van der Waals surface area contributed by atoms with Crippen LogP contribution in [0.25, 0.3) is 0 Å². The molecule has 0 bridgehead atoms. The van der Waals surface area contributed by atoms with Crippen molar-refractivity contribution >= 4 is 30.1 Å². The molecule has 0 aliphatic carbocycles. The second-order valence-corrected chi connectivity index (χ2v) is 6.29. The van der Waals surface area contributed by atoms with E-state index in [9.17, 15) is 19.2 Å². The summed E-state index contributed by atoms with van der Waals surface area (Å²) >= 11 is 0. The summed E-state index contributed by atoms with van der Waals surface area (Å²) < 4.78 is 5.31. The van der Waals surface area contributed by atoms with Gasteiger partial charge in [-0.3, -0.25) is 19.4 Å². The number of aromatic nitrogens is 1. The highest BCUT2D eigenvalue weighted by atomic mass is 17.0. The molecule has 1 rings (SSSR count). The smallest absolute Gasteiger partial charge is 0.448 e. The van der Waals surface area contributed by atoms with Crippen molar-refractivity contribution in [2.45, 2.75) is 39.2 Å². The van der Waals surface area contributed by atoms with Crippen molar-refractivity contribution in [1.29, 1.82) is 0 Å². The number of anilines is 1. The lowest BCUT2D eigenvalue weighted by Crippen LogP contribution is -2.39. The van der Waals surface area contributed by atoms with Gasteiger partial charge in [0, 0.05) is 24.4 Å². The molecule has 0 fully saturated rings. The molecule has 1 aromatic rings. The molecule has 0 aliphatic heterocycles. The standard InChI is InChI=1S/C16H21N3O9/c1-16(2,3)26-13(21)18(11-7-4-5-9-17-11)10-6-8-12(20)19(27-14(22)23)28-15(24)25/h4-5,7,9H,6,8,10H2,1-3H3,(H,22,23)(H,24,25). The molecule has 1 heterocycles. The fourth-order valence-corrected chi connectivity index (χ4v) is 1.87. The molecule has 1 aromatic heterocycles. The van der Waals surface area contributed by atoms with Crippen molar-refractivity contribution in [3.05, 3.63) is 24.4 Å². The van der Waals surface area contributed by atoms with Gasteiger partial charge in [-0.05, 0) is 39.3 Å². The van der Waals surface area contributed by atoms with Crippen LogP contribution >= 0.6 is 0 Å². The van der Waals surface area contributed by atoms with Crippen LogP contribution in [0.4, 0.5) is 20.2 Å². The maximum absolute atomic E-state index is 12.4. The number of carboxylic acid groups (broad SMARTS) is 2. The summed E-state index contributed by atoms with van der Waals surface area (Å²) in [5, 5.41) is 16.8. The Bertz CT molecular complexity index is 687. The first-order chi connectivity index (χ1) is 13.0. The zero-order chi connectivity index (χ0) is 21.3. The first-order valence-electron chi connectivity index (χ1n) is 8.06. The molecular weight excluding hydrogens is 378 g/mol. The molecule has 12 nitrogen and oxygen atoms in total. The van der Waals surface area contributed by atoms with Crippen LogP contribution in [-0.4, -0.2) is 56.9 Å². The van der Waals surface area contributed by atoms with Crippen LogP contribution < -0.4 is 4.90 Å². The van der Waals surface area contributed by atoms with Crippen LogP contribution in [-0.2, 0) is 19.2 Å². The predicted molar refractivity (Wildman–Crippen MR) is 92.1 cm³/mol. The molecule has 12 heteroatoms. The Kier molecular flexibility index (Phi) is 7.98. The van der Waals surface area contributed by atoms with Gasteiger partial charge in [0.25, 0.3) is 5.91 Å². The second kappa shape index (κ2) is 9.94. The highest BCUT2D eigenvalue weighted by Gasteiger charge is 2.26. The van der Waals surface area contributed by atoms with Crippen LogP contribution in [0.2, 0.25) is 0 Å². The monoisotopic (exact) mass is 399 g/mol. The molecule has 0 aliphatic rings. The minimum atomic E-state index is -1.93. The van der Waals surface area contributed by atoms with Crippen LogP contribution in [0, 0.1) is 0 Å². The molecular formula is C16H21N3O9. The summed E-state index contributed by atoms with van der Waals surface area (Å²) in [6, 6.07) is 4.89. The molecule has 28 heavy (non-hydrogen) atoms. The van der Waals surface area contributed by atoms with Crippen molar-refractivity contribution in [3.63, 3.8) is 0 Å². The predicted octanol–water partition coefficient (Wildman–Crippen LogP) is 2.65. The Morgan fingerprint density at radius 3 is 2.14 bits per heavy atom. The van der Waals surface area contributed by atoms with Crippen LogP contribution in [0.5, 0.6) is 0 Å². The average Bonchev–Trinajstić information content (AvgIpc) is 2.56. The van der Waals surface area contributed by atoms with E-state index in [1.807, 2.05) is 0 Å². The summed E-state index contributed by atoms with van der Waals surface area (Å²) in [4.78, 5) is 58.6. The van der Waals surface area contributed by atoms with Gasteiger partial charge in [-0.1, -0.05) is 6.07 Å². The summed E-state index contributed by atoms with van der Waals surface area (Å²) in [5.41, 5.74) is -0.763. The third-order valence-electron chi connectivity index (χ3n) is 2.84. The lowest BCUT2D eigenvalue weighted by atomic mass is 10.2. The maximum Gasteiger partial charge on any atom is 0.533 e. The lowest BCUT2D eigenvalue weighted by Gasteiger charge is -2.26. The van der Waals surface area contributed by atoms with E-state index in [4.69, 9.17) is 14.9 Å². The van der Waals surface area contributed by atoms with Crippen molar-refractivity contribution < 1.29 is 43.8 Å². The van der Waals surface area contributed by atoms with Crippen LogP contribution in [0.3, 0.4) is 0 Å². The fourth-order valence-electron chi connectivity index (χ4n) is 1.87. The van der Waals surface area contributed by atoms with Gasteiger partial charge in [-0.15, -0.1) is 0 Å². The molecule has 2 amide bonds. The molecule has 2 N–H and O–H groups in total. The SMILES string of the molecule is CC(C)(C)OC(=O)N(CCCC(=O)N(OC(=O)O)OC(=O)O)c1ccccn1. The number of hydroxylamine groups is 2. The molecule has 0 saturated carbocycles. The Labute approximate surface area is 160 Å². The zero-order valence-electron chi connectivity index (χ0n) is 15.5. The number of pyridine rings is 1.